The van der Waals surface area contributed by atoms with Gasteiger partial charge >= 0.3 is 0 Å². The minimum Gasteiger partial charge on any atom is -0.497 e. The highest BCUT2D eigenvalue weighted by atomic mass is 35.5. The summed E-state index contributed by atoms with van der Waals surface area (Å²) >= 11 is 6.04. The molecule has 0 saturated heterocycles. The summed E-state index contributed by atoms with van der Waals surface area (Å²) in [7, 11) is -2.00. The number of rotatable bonds is 14. The second-order valence-corrected chi connectivity index (χ2v) is 11.0. The van der Waals surface area contributed by atoms with Crippen LogP contribution in [0.25, 0.3) is 0 Å². The van der Waals surface area contributed by atoms with Crippen LogP contribution in [0.1, 0.15) is 45.1 Å². The molecule has 0 spiro atoms. The van der Waals surface area contributed by atoms with Crippen molar-refractivity contribution in [3.8, 4) is 5.75 Å². The van der Waals surface area contributed by atoms with E-state index < -0.39 is 16.1 Å². The van der Waals surface area contributed by atoms with E-state index >= 15 is 0 Å². The van der Waals surface area contributed by atoms with Crippen molar-refractivity contribution in [1.29, 1.82) is 0 Å². The summed E-state index contributed by atoms with van der Waals surface area (Å²) < 4.78 is 31.2. The molecule has 0 saturated carbocycles. The molecule has 10 heteroatoms. The summed E-state index contributed by atoms with van der Waals surface area (Å²) in [6, 6.07) is 13.2. The molecule has 2 aromatic rings. The van der Waals surface area contributed by atoms with Crippen molar-refractivity contribution >= 4 is 39.1 Å². The largest absolute Gasteiger partial charge is 0.497 e. The van der Waals surface area contributed by atoms with E-state index in [1.54, 1.807) is 50.4 Å². The number of benzene rings is 2. The number of carbonyl (C=O) groups excluding carboxylic acids is 2. The summed E-state index contributed by atoms with van der Waals surface area (Å²) in [6.07, 6.45) is 3.29. The molecular weight excluding hydrogens is 502 g/mol. The molecule has 198 valence electrons. The molecule has 1 N–H and O–H groups in total. The third-order valence-corrected chi connectivity index (χ3v) is 7.19. The Hall–Kier alpha value is -2.78. The Kier molecular flexibility index (Phi) is 11.5. The first kappa shape index (κ1) is 29.5. The van der Waals surface area contributed by atoms with Gasteiger partial charge in [-0.15, -0.1) is 0 Å². The molecule has 2 amide bonds. The van der Waals surface area contributed by atoms with Crippen LogP contribution in [0.2, 0.25) is 5.02 Å². The number of hydrogen-bond donors (Lipinski definition) is 1. The number of carbonyl (C=O) groups is 2. The van der Waals surface area contributed by atoms with E-state index in [-0.39, 0.29) is 37.7 Å². The molecule has 0 aliphatic heterocycles. The van der Waals surface area contributed by atoms with E-state index in [4.69, 9.17) is 16.3 Å². The van der Waals surface area contributed by atoms with Crippen LogP contribution in [0.4, 0.5) is 5.69 Å². The summed E-state index contributed by atoms with van der Waals surface area (Å²) in [5.41, 5.74) is 1.30. The normalized spacial score (nSPS) is 12.0. The number of nitrogens with zero attached hydrogens (tertiary/aromatic N) is 2. The lowest BCUT2D eigenvalue weighted by Gasteiger charge is -2.29. The molecule has 0 aliphatic rings. The van der Waals surface area contributed by atoms with Crippen molar-refractivity contribution in [2.45, 2.75) is 52.1 Å². The molecule has 2 aromatic carbocycles. The second-order valence-electron chi connectivity index (χ2n) is 8.61. The zero-order chi connectivity index (χ0) is 26.7. The first-order chi connectivity index (χ1) is 17.1. The SMILES string of the molecule is CCCCNC(=O)[C@@H](C)N(Cc1ccc(OC)cc1)C(=O)CCCN(c1cccc(Cl)c1)S(C)(=O)=O. The van der Waals surface area contributed by atoms with Crippen molar-refractivity contribution in [2.24, 2.45) is 0 Å². The number of hydrogen-bond acceptors (Lipinski definition) is 5. The fourth-order valence-corrected chi connectivity index (χ4v) is 4.82. The van der Waals surface area contributed by atoms with Gasteiger partial charge in [0.05, 0.1) is 19.1 Å². The Morgan fingerprint density at radius 1 is 1.11 bits per heavy atom. The van der Waals surface area contributed by atoms with E-state index in [2.05, 4.69) is 5.32 Å². The highest BCUT2D eigenvalue weighted by Crippen LogP contribution is 2.23. The lowest BCUT2D eigenvalue weighted by molar-refractivity contribution is -0.140. The molecule has 0 aromatic heterocycles. The van der Waals surface area contributed by atoms with E-state index in [1.165, 1.54) is 9.21 Å². The van der Waals surface area contributed by atoms with Crippen LogP contribution in [0, 0.1) is 0 Å². The van der Waals surface area contributed by atoms with E-state index in [9.17, 15) is 18.0 Å². The van der Waals surface area contributed by atoms with Gasteiger partial charge in [-0.2, -0.15) is 0 Å². The minimum absolute atomic E-state index is 0.0787. The van der Waals surface area contributed by atoms with Gasteiger partial charge in [-0.3, -0.25) is 13.9 Å². The maximum atomic E-state index is 13.3. The van der Waals surface area contributed by atoms with Crippen molar-refractivity contribution in [3.05, 3.63) is 59.1 Å². The van der Waals surface area contributed by atoms with Gasteiger partial charge in [0.15, 0.2) is 0 Å². The van der Waals surface area contributed by atoms with Gasteiger partial charge in [0.2, 0.25) is 21.8 Å². The number of sulfonamides is 1. The maximum Gasteiger partial charge on any atom is 0.242 e. The van der Waals surface area contributed by atoms with Gasteiger partial charge in [0, 0.05) is 31.1 Å². The molecule has 0 fully saturated rings. The molecule has 36 heavy (non-hydrogen) atoms. The Balaban J connectivity index is 2.15. The first-order valence-electron chi connectivity index (χ1n) is 12.0. The monoisotopic (exact) mass is 537 g/mol. The predicted octanol–water partition coefficient (Wildman–Crippen LogP) is 4.23. The molecule has 2 rings (SSSR count). The summed E-state index contributed by atoms with van der Waals surface area (Å²) in [6.45, 7) is 4.65. The number of nitrogens with one attached hydrogen (secondary N) is 1. The van der Waals surface area contributed by atoms with Gasteiger partial charge in [0.1, 0.15) is 11.8 Å². The van der Waals surface area contributed by atoms with Crippen molar-refractivity contribution in [2.75, 3.05) is 30.8 Å². The maximum absolute atomic E-state index is 13.3. The average Bonchev–Trinajstić information content (AvgIpc) is 2.84. The molecule has 0 bridgehead atoms. The summed E-state index contributed by atoms with van der Waals surface area (Å²) in [5, 5.41) is 3.31. The van der Waals surface area contributed by atoms with Crippen LogP contribution in [0.5, 0.6) is 5.75 Å². The number of amides is 2. The van der Waals surface area contributed by atoms with Gasteiger partial charge in [-0.25, -0.2) is 8.42 Å². The number of anilines is 1. The smallest absolute Gasteiger partial charge is 0.242 e. The van der Waals surface area contributed by atoms with Crippen LogP contribution >= 0.6 is 11.6 Å². The molecule has 0 heterocycles. The number of ether oxygens (including phenoxy) is 1. The van der Waals surface area contributed by atoms with Crippen LogP contribution < -0.4 is 14.4 Å². The summed E-state index contributed by atoms with van der Waals surface area (Å²) in [4.78, 5) is 27.6. The van der Waals surface area contributed by atoms with Gasteiger partial charge in [0.25, 0.3) is 0 Å². The molecule has 8 nitrogen and oxygen atoms in total. The molecule has 0 unspecified atom stereocenters. The van der Waals surface area contributed by atoms with E-state index in [0.717, 1.165) is 24.7 Å². The summed E-state index contributed by atoms with van der Waals surface area (Å²) in [5.74, 6) is 0.245. The minimum atomic E-state index is -3.58. The molecule has 0 radical (unpaired) electrons. The van der Waals surface area contributed by atoms with Crippen LogP contribution in [-0.2, 0) is 26.2 Å². The first-order valence-corrected chi connectivity index (χ1v) is 14.2. The fraction of sp³-hybridized carbons (Fsp3) is 0.462. The van der Waals surface area contributed by atoms with Gasteiger partial charge < -0.3 is 15.0 Å². The number of methoxy groups -OCH3 is 1. The molecular formula is C26H36ClN3O5S. The quantitative estimate of drug-likeness (QED) is 0.364. The van der Waals surface area contributed by atoms with Gasteiger partial charge in [-0.1, -0.05) is 43.1 Å². The van der Waals surface area contributed by atoms with Crippen molar-refractivity contribution in [1.82, 2.24) is 10.2 Å². The standard InChI is InChI=1S/C26H36ClN3O5S/c1-5-6-16-28-26(32)20(2)29(19-21-12-14-24(35-3)15-13-21)25(31)11-8-17-30(36(4,33)34)23-10-7-9-22(27)18-23/h7,9-10,12-15,18,20H,5-6,8,11,16-17,19H2,1-4H3,(H,28,32)/t20-/m1/s1. The topological polar surface area (TPSA) is 96.0 Å². The van der Waals surface area contributed by atoms with Crippen LogP contribution in [0.15, 0.2) is 48.5 Å². The highest BCUT2D eigenvalue weighted by molar-refractivity contribution is 7.92. The van der Waals surface area contributed by atoms with Crippen LogP contribution in [-0.4, -0.2) is 57.6 Å². The number of halogens is 1. The lowest BCUT2D eigenvalue weighted by atomic mass is 10.1. The average molecular weight is 538 g/mol. The zero-order valence-electron chi connectivity index (χ0n) is 21.4. The zero-order valence-corrected chi connectivity index (χ0v) is 22.9. The third kappa shape index (κ3) is 9.02. The Bertz CT molecular complexity index is 1110. The molecule has 1 atom stereocenters. The fourth-order valence-electron chi connectivity index (χ4n) is 3.68. The Labute approximate surface area is 219 Å². The van der Waals surface area contributed by atoms with Crippen molar-refractivity contribution < 1.29 is 22.7 Å². The van der Waals surface area contributed by atoms with E-state index in [0.29, 0.717) is 23.0 Å². The third-order valence-electron chi connectivity index (χ3n) is 5.76. The number of unbranched alkanes of at least 4 members (excludes halogenated alkanes) is 1. The Morgan fingerprint density at radius 3 is 2.39 bits per heavy atom. The van der Waals surface area contributed by atoms with Crippen molar-refractivity contribution in [3.63, 3.8) is 0 Å². The predicted molar refractivity (Wildman–Crippen MR) is 144 cm³/mol. The molecule has 0 aliphatic carbocycles. The van der Waals surface area contributed by atoms with E-state index in [1.807, 2.05) is 19.1 Å². The Morgan fingerprint density at radius 2 is 1.81 bits per heavy atom. The lowest BCUT2D eigenvalue weighted by Crippen LogP contribution is -2.47. The van der Waals surface area contributed by atoms with Crippen LogP contribution in [0.3, 0.4) is 0 Å². The highest BCUT2D eigenvalue weighted by Gasteiger charge is 2.26. The van der Waals surface area contributed by atoms with Gasteiger partial charge in [-0.05, 0) is 55.7 Å². The second kappa shape index (κ2) is 14.1.